The van der Waals surface area contributed by atoms with E-state index in [9.17, 15) is 9.59 Å². The molecular weight excluding hydrogens is 312 g/mol. The minimum absolute atomic E-state index is 0.0651. The lowest BCUT2D eigenvalue weighted by molar-refractivity contribution is 0.0698. The Labute approximate surface area is 120 Å². The van der Waals surface area contributed by atoms with Crippen LogP contribution < -0.4 is 5.32 Å². The first-order valence-corrected chi connectivity index (χ1v) is 6.87. The third kappa shape index (κ3) is 4.24. The molecule has 0 aliphatic heterocycles. The van der Waals surface area contributed by atoms with Crippen molar-refractivity contribution in [2.75, 3.05) is 18.4 Å². The Bertz CT molecular complexity index is 477. The number of carboxylic acid groups (broad SMARTS) is 1. The summed E-state index contributed by atoms with van der Waals surface area (Å²) < 4.78 is 0.656. The number of carbonyl (C=O) groups is 2. The molecule has 0 unspecified atom stereocenters. The molecule has 0 heterocycles. The maximum Gasteiger partial charge on any atom is 0.337 e. The normalized spacial score (nSPS) is 10.1. The van der Waals surface area contributed by atoms with Crippen LogP contribution in [0.15, 0.2) is 22.7 Å². The summed E-state index contributed by atoms with van der Waals surface area (Å²) in [6, 6.07) is 4.45. The third-order valence-electron chi connectivity index (χ3n) is 2.62. The quantitative estimate of drug-likeness (QED) is 0.870. The molecule has 0 atom stereocenters. The zero-order valence-corrected chi connectivity index (χ0v) is 12.5. The van der Waals surface area contributed by atoms with Crippen LogP contribution >= 0.6 is 15.9 Å². The molecular formula is C13H17BrN2O3. The van der Waals surface area contributed by atoms with Gasteiger partial charge in [-0.3, -0.25) is 0 Å². The zero-order chi connectivity index (χ0) is 14.4. The fraction of sp³-hybridized carbons (Fsp3) is 0.385. The minimum Gasteiger partial charge on any atom is -0.478 e. The summed E-state index contributed by atoms with van der Waals surface area (Å²) in [5, 5.41) is 11.8. The summed E-state index contributed by atoms with van der Waals surface area (Å²) >= 11 is 3.21. The maximum atomic E-state index is 12.0. The molecule has 6 heteroatoms. The highest BCUT2D eigenvalue weighted by Crippen LogP contribution is 2.21. The Morgan fingerprint density at radius 3 is 2.58 bits per heavy atom. The molecule has 0 saturated carbocycles. The Morgan fingerprint density at radius 1 is 1.37 bits per heavy atom. The van der Waals surface area contributed by atoms with Gasteiger partial charge in [-0.1, -0.05) is 22.9 Å². The lowest BCUT2D eigenvalue weighted by Crippen LogP contribution is -2.35. The number of rotatable bonds is 5. The van der Waals surface area contributed by atoms with Gasteiger partial charge < -0.3 is 15.3 Å². The highest BCUT2D eigenvalue weighted by molar-refractivity contribution is 9.10. The first-order valence-electron chi connectivity index (χ1n) is 6.08. The van der Waals surface area contributed by atoms with Crippen molar-refractivity contribution in [2.45, 2.75) is 20.3 Å². The SMILES string of the molecule is CCCN(CC)C(=O)Nc1ccc(Br)cc1C(=O)O. The number of halogens is 1. The Hall–Kier alpha value is -1.56. The number of hydrogen-bond acceptors (Lipinski definition) is 2. The molecule has 5 nitrogen and oxygen atoms in total. The van der Waals surface area contributed by atoms with Crippen LogP contribution in [0.3, 0.4) is 0 Å². The van der Waals surface area contributed by atoms with Gasteiger partial charge in [0.05, 0.1) is 11.3 Å². The first kappa shape index (κ1) is 15.5. The largest absolute Gasteiger partial charge is 0.478 e. The predicted octanol–water partition coefficient (Wildman–Crippen LogP) is 3.41. The molecule has 104 valence electrons. The van der Waals surface area contributed by atoms with Gasteiger partial charge in [0.25, 0.3) is 0 Å². The molecule has 0 aliphatic rings. The summed E-state index contributed by atoms with van der Waals surface area (Å²) in [7, 11) is 0. The van der Waals surface area contributed by atoms with Gasteiger partial charge in [-0.2, -0.15) is 0 Å². The topological polar surface area (TPSA) is 69.6 Å². The van der Waals surface area contributed by atoms with Crippen LogP contribution in [0.5, 0.6) is 0 Å². The summed E-state index contributed by atoms with van der Waals surface area (Å²) in [4.78, 5) is 24.8. The fourth-order valence-corrected chi connectivity index (χ4v) is 2.03. The molecule has 1 rings (SSSR count). The lowest BCUT2D eigenvalue weighted by atomic mass is 10.2. The average Bonchev–Trinajstić information content (AvgIpc) is 2.37. The number of aromatic carboxylic acids is 1. The molecule has 1 aromatic rings. The highest BCUT2D eigenvalue weighted by Gasteiger charge is 2.16. The van der Waals surface area contributed by atoms with E-state index < -0.39 is 5.97 Å². The number of anilines is 1. The van der Waals surface area contributed by atoms with Gasteiger partial charge in [0.2, 0.25) is 0 Å². The van der Waals surface area contributed by atoms with E-state index in [1.807, 2.05) is 13.8 Å². The van der Waals surface area contributed by atoms with Gasteiger partial charge in [0, 0.05) is 17.6 Å². The second-order valence-electron chi connectivity index (χ2n) is 4.00. The monoisotopic (exact) mass is 328 g/mol. The Kier molecular flexibility index (Phi) is 5.82. The van der Waals surface area contributed by atoms with Crippen molar-refractivity contribution in [3.63, 3.8) is 0 Å². The fourth-order valence-electron chi connectivity index (χ4n) is 1.67. The Morgan fingerprint density at radius 2 is 2.05 bits per heavy atom. The second kappa shape index (κ2) is 7.13. The maximum absolute atomic E-state index is 12.0. The van der Waals surface area contributed by atoms with Crippen LogP contribution in [0.1, 0.15) is 30.6 Å². The number of benzene rings is 1. The van der Waals surface area contributed by atoms with E-state index in [4.69, 9.17) is 5.11 Å². The van der Waals surface area contributed by atoms with Crippen molar-refractivity contribution in [2.24, 2.45) is 0 Å². The van der Waals surface area contributed by atoms with Crippen molar-refractivity contribution < 1.29 is 14.7 Å². The molecule has 0 aliphatic carbocycles. The summed E-state index contributed by atoms with van der Waals surface area (Å²) in [6.07, 6.45) is 0.855. The summed E-state index contributed by atoms with van der Waals surface area (Å²) in [6.45, 7) is 5.09. The van der Waals surface area contributed by atoms with E-state index >= 15 is 0 Å². The molecule has 0 aromatic heterocycles. The molecule has 1 aromatic carbocycles. The van der Waals surface area contributed by atoms with E-state index in [2.05, 4.69) is 21.2 Å². The van der Waals surface area contributed by atoms with Gasteiger partial charge in [-0.15, -0.1) is 0 Å². The number of nitrogens with one attached hydrogen (secondary N) is 1. The van der Waals surface area contributed by atoms with E-state index in [0.717, 1.165) is 6.42 Å². The number of amides is 2. The van der Waals surface area contributed by atoms with Crippen molar-refractivity contribution in [1.29, 1.82) is 0 Å². The number of carboxylic acids is 1. The van der Waals surface area contributed by atoms with Crippen LogP contribution in [-0.4, -0.2) is 35.1 Å². The van der Waals surface area contributed by atoms with Crippen molar-refractivity contribution in [3.8, 4) is 0 Å². The van der Waals surface area contributed by atoms with Crippen molar-refractivity contribution >= 4 is 33.6 Å². The van der Waals surface area contributed by atoms with Gasteiger partial charge in [0.1, 0.15) is 0 Å². The van der Waals surface area contributed by atoms with Crippen molar-refractivity contribution in [1.82, 2.24) is 4.90 Å². The van der Waals surface area contributed by atoms with Crippen molar-refractivity contribution in [3.05, 3.63) is 28.2 Å². The third-order valence-corrected chi connectivity index (χ3v) is 3.11. The van der Waals surface area contributed by atoms with Gasteiger partial charge in [-0.05, 0) is 31.5 Å². The van der Waals surface area contributed by atoms with E-state index in [-0.39, 0.29) is 11.6 Å². The van der Waals surface area contributed by atoms with Crippen LogP contribution in [0, 0.1) is 0 Å². The molecule has 0 fully saturated rings. The van der Waals surface area contributed by atoms with Crippen LogP contribution in [0.4, 0.5) is 10.5 Å². The smallest absolute Gasteiger partial charge is 0.337 e. The number of urea groups is 1. The lowest BCUT2D eigenvalue weighted by Gasteiger charge is -2.21. The highest BCUT2D eigenvalue weighted by atomic mass is 79.9. The number of hydrogen-bond donors (Lipinski definition) is 2. The standard InChI is InChI=1S/C13H17BrN2O3/c1-3-7-16(4-2)13(19)15-11-6-5-9(14)8-10(11)12(17)18/h5-6,8H,3-4,7H2,1-2H3,(H,15,19)(H,17,18). The summed E-state index contributed by atoms with van der Waals surface area (Å²) in [5.74, 6) is -1.07. The first-order chi connectivity index (χ1) is 8.99. The van der Waals surface area contributed by atoms with Gasteiger partial charge >= 0.3 is 12.0 Å². The zero-order valence-electron chi connectivity index (χ0n) is 10.9. The van der Waals surface area contributed by atoms with Crippen LogP contribution in [0.25, 0.3) is 0 Å². The van der Waals surface area contributed by atoms with E-state index in [1.54, 1.807) is 17.0 Å². The predicted molar refractivity (Wildman–Crippen MR) is 77.7 cm³/mol. The molecule has 0 bridgehead atoms. The number of nitrogens with zero attached hydrogens (tertiary/aromatic N) is 1. The average molecular weight is 329 g/mol. The molecule has 2 N–H and O–H groups in total. The second-order valence-corrected chi connectivity index (χ2v) is 4.92. The van der Waals surface area contributed by atoms with E-state index in [1.165, 1.54) is 6.07 Å². The Balaban J connectivity index is 2.92. The minimum atomic E-state index is -1.07. The van der Waals surface area contributed by atoms with E-state index in [0.29, 0.717) is 23.2 Å². The molecule has 19 heavy (non-hydrogen) atoms. The molecule has 2 amide bonds. The van der Waals surface area contributed by atoms with Gasteiger partial charge in [-0.25, -0.2) is 9.59 Å². The van der Waals surface area contributed by atoms with Crippen LogP contribution in [0.2, 0.25) is 0 Å². The van der Waals surface area contributed by atoms with Crippen LogP contribution in [-0.2, 0) is 0 Å². The molecule has 0 radical (unpaired) electrons. The molecule has 0 spiro atoms. The summed E-state index contributed by atoms with van der Waals surface area (Å²) in [5.41, 5.74) is 0.366. The van der Waals surface area contributed by atoms with Gasteiger partial charge in [0.15, 0.2) is 0 Å². The molecule has 0 saturated heterocycles. The number of carbonyl (C=O) groups excluding carboxylic acids is 1.